The average Bonchev–Trinajstić information content (AvgIpc) is 3.17. The highest BCUT2D eigenvalue weighted by Crippen LogP contribution is 2.51. The Morgan fingerprint density at radius 2 is 1.93 bits per heavy atom. The third-order valence-corrected chi connectivity index (χ3v) is 6.23. The molecule has 4 rings (SSSR count). The van der Waals surface area contributed by atoms with Gasteiger partial charge in [-0.05, 0) is 23.3 Å². The third kappa shape index (κ3) is 4.11. The van der Waals surface area contributed by atoms with Gasteiger partial charge < -0.3 is 45.5 Å². The fourth-order valence-corrected chi connectivity index (χ4v) is 4.64. The van der Waals surface area contributed by atoms with Gasteiger partial charge in [0.2, 0.25) is 12.5 Å². The average molecular weight is 480 g/mol. The smallest absolute Gasteiger partial charge is 0.231 e. The molecule has 0 bridgehead atoms. The summed E-state index contributed by atoms with van der Waals surface area (Å²) < 4.78 is 23.3. The standard InChI is InChI=1S/C23H30NO5.BrH/c1-24(2)10-9-16-12-20-22(29-14-28-20)23(27-4)21(16)18(24)13-17(25)11-15-7-5-6-8-19(15)26-3;/h5-8,12,17-18,25H,9-11,13-14H2,1-4H3;1H/q+1;/p-1. The van der Waals surface area contributed by atoms with E-state index in [-0.39, 0.29) is 29.8 Å². The van der Waals surface area contributed by atoms with Crippen LogP contribution < -0.4 is 35.9 Å². The Morgan fingerprint density at radius 3 is 2.67 bits per heavy atom. The van der Waals surface area contributed by atoms with Crippen LogP contribution in [0.2, 0.25) is 0 Å². The first-order chi connectivity index (χ1) is 13.9. The highest BCUT2D eigenvalue weighted by atomic mass is 79.9. The first-order valence-electron chi connectivity index (χ1n) is 10.1. The van der Waals surface area contributed by atoms with Crippen molar-refractivity contribution in [1.29, 1.82) is 0 Å². The minimum absolute atomic E-state index is 0. The number of aliphatic hydroxyl groups excluding tert-OH is 1. The van der Waals surface area contributed by atoms with Crippen LogP contribution >= 0.6 is 0 Å². The fourth-order valence-electron chi connectivity index (χ4n) is 4.64. The van der Waals surface area contributed by atoms with E-state index in [2.05, 4.69) is 20.2 Å². The molecule has 0 aliphatic carbocycles. The fraction of sp³-hybridized carbons (Fsp3) is 0.478. The Bertz CT molecular complexity index is 901. The first-order valence-corrected chi connectivity index (χ1v) is 10.1. The van der Waals surface area contributed by atoms with Gasteiger partial charge in [-0.1, -0.05) is 18.2 Å². The Labute approximate surface area is 188 Å². The van der Waals surface area contributed by atoms with Gasteiger partial charge in [0.1, 0.15) is 11.8 Å². The molecule has 6 nitrogen and oxygen atoms in total. The molecular weight excluding hydrogens is 450 g/mol. The summed E-state index contributed by atoms with van der Waals surface area (Å²) in [7, 11) is 7.77. The summed E-state index contributed by atoms with van der Waals surface area (Å²) in [6, 6.07) is 10.0. The van der Waals surface area contributed by atoms with Crippen LogP contribution in [0.3, 0.4) is 0 Å². The number of methoxy groups -OCH3 is 2. The number of hydrogen-bond donors (Lipinski definition) is 1. The molecule has 0 spiro atoms. The minimum Gasteiger partial charge on any atom is -1.00 e. The van der Waals surface area contributed by atoms with Gasteiger partial charge >= 0.3 is 0 Å². The molecule has 0 aromatic heterocycles. The minimum atomic E-state index is -0.505. The number of rotatable bonds is 6. The van der Waals surface area contributed by atoms with Crippen LogP contribution in [-0.2, 0) is 12.8 Å². The van der Waals surface area contributed by atoms with Crippen LogP contribution in [0.25, 0.3) is 0 Å². The van der Waals surface area contributed by atoms with Crippen molar-refractivity contribution in [1.82, 2.24) is 0 Å². The van der Waals surface area contributed by atoms with Gasteiger partial charge in [-0.3, -0.25) is 0 Å². The van der Waals surface area contributed by atoms with Crippen molar-refractivity contribution >= 4 is 0 Å². The zero-order chi connectivity index (χ0) is 20.6. The van der Waals surface area contributed by atoms with Gasteiger partial charge in [0, 0.05) is 19.3 Å². The molecule has 0 saturated heterocycles. The molecule has 0 fully saturated rings. The van der Waals surface area contributed by atoms with E-state index in [9.17, 15) is 5.11 Å². The van der Waals surface area contributed by atoms with E-state index in [0.29, 0.717) is 18.6 Å². The molecule has 2 heterocycles. The zero-order valence-corrected chi connectivity index (χ0v) is 19.6. The lowest BCUT2D eigenvalue weighted by Gasteiger charge is -2.44. The van der Waals surface area contributed by atoms with Crippen molar-refractivity contribution in [3.63, 3.8) is 0 Å². The predicted molar refractivity (Wildman–Crippen MR) is 110 cm³/mol. The van der Waals surface area contributed by atoms with Crippen molar-refractivity contribution in [2.45, 2.75) is 31.4 Å². The molecule has 2 unspecified atom stereocenters. The summed E-state index contributed by atoms with van der Waals surface area (Å²) in [5, 5.41) is 11.0. The number of benzene rings is 2. The lowest BCUT2D eigenvalue weighted by atomic mass is 9.85. The van der Waals surface area contributed by atoms with Crippen LogP contribution in [0.5, 0.6) is 23.0 Å². The molecule has 2 aliphatic rings. The maximum absolute atomic E-state index is 11.0. The molecule has 2 aromatic rings. The highest BCUT2D eigenvalue weighted by Gasteiger charge is 2.42. The van der Waals surface area contributed by atoms with E-state index in [1.54, 1.807) is 14.2 Å². The second kappa shape index (κ2) is 9.04. The van der Waals surface area contributed by atoms with Gasteiger partial charge in [0.05, 0.1) is 46.5 Å². The molecule has 2 atom stereocenters. The van der Waals surface area contributed by atoms with E-state index < -0.39 is 6.10 Å². The summed E-state index contributed by atoms with van der Waals surface area (Å²) >= 11 is 0. The van der Waals surface area contributed by atoms with Crippen molar-refractivity contribution in [2.75, 3.05) is 41.7 Å². The molecule has 0 amide bonds. The Balaban J connectivity index is 0.00000256. The number of ether oxygens (including phenoxy) is 4. The third-order valence-electron chi connectivity index (χ3n) is 6.23. The van der Waals surface area contributed by atoms with Crippen molar-refractivity contribution in [3.8, 4) is 23.0 Å². The lowest BCUT2D eigenvalue weighted by Crippen LogP contribution is -3.00. The first kappa shape index (κ1) is 22.7. The second-order valence-electron chi connectivity index (χ2n) is 8.39. The number of aliphatic hydroxyl groups is 1. The van der Waals surface area contributed by atoms with Gasteiger partial charge in [0.25, 0.3) is 0 Å². The van der Waals surface area contributed by atoms with Crippen molar-refractivity contribution in [2.24, 2.45) is 0 Å². The number of fused-ring (bicyclic) bond motifs is 2. The van der Waals surface area contributed by atoms with Gasteiger partial charge in [-0.2, -0.15) is 0 Å². The summed E-state index contributed by atoms with van der Waals surface area (Å²) in [6.45, 7) is 1.20. The van der Waals surface area contributed by atoms with Gasteiger partial charge in [-0.15, -0.1) is 0 Å². The van der Waals surface area contributed by atoms with E-state index in [1.807, 2.05) is 24.3 Å². The highest BCUT2D eigenvalue weighted by molar-refractivity contribution is 5.61. The Morgan fingerprint density at radius 1 is 1.17 bits per heavy atom. The van der Waals surface area contributed by atoms with Crippen LogP contribution in [0.15, 0.2) is 30.3 Å². The maximum atomic E-state index is 11.0. The molecule has 7 heteroatoms. The molecule has 2 aromatic carbocycles. The second-order valence-corrected chi connectivity index (χ2v) is 8.39. The lowest BCUT2D eigenvalue weighted by molar-refractivity contribution is -0.924. The van der Waals surface area contributed by atoms with E-state index in [0.717, 1.165) is 45.8 Å². The molecular formula is C23H30BrNO5. The van der Waals surface area contributed by atoms with Crippen LogP contribution in [-0.4, -0.2) is 57.3 Å². The van der Waals surface area contributed by atoms with Crippen molar-refractivity contribution in [3.05, 3.63) is 47.0 Å². The molecule has 164 valence electrons. The molecule has 0 saturated carbocycles. The number of likely N-dealkylation sites (N-methyl/N-ethyl adjacent to an activating group) is 1. The number of para-hydroxylation sites is 1. The molecule has 2 aliphatic heterocycles. The quantitative estimate of drug-likeness (QED) is 0.595. The summed E-state index contributed by atoms with van der Waals surface area (Å²) in [5.74, 6) is 2.99. The topological polar surface area (TPSA) is 57.2 Å². The molecule has 1 N–H and O–H groups in total. The summed E-state index contributed by atoms with van der Waals surface area (Å²) in [6.07, 6.45) is 1.60. The number of quaternary nitrogens is 1. The Hall–Kier alpha value is -1.96. The number of halogens is 1. The number of hydrogen-bond acceptors (Lipinski definition) is 5. The molecule has 30 heavy (non-hydrogen) atoms. The van der Waals surface area contributed by atoms with Gasteiger partial charge in [0.15, 0.2) is 11.5 Å². The normalized spacial score (nSPS) is 19.4. The summed E-state index contributed by atoms with van der Waals surface area (Å²) in [4.78, 5) is 0. The number of nitrogens with zero attached hydrogens (tertiary/aromatic N) is 1. The van der Waals surface area contributed by atoms with E-state index in [4.69, 9.17) is 18.9 Å². The van der Waals surface area contributed by atoms with Gasteiger partial charge in [-0.25, -0.2) is 0 Å². The largest absolute Gasteiger partial charge is 1.00 e. The van der Waals surface area contributed by atoms with Crippen molar-refractivity contribution < 1.29 is 45.5 Å². The van der Waals surface area contributed by atoms with Crippen LogP contribution in [0.4, 0.5) is 0 Å². The van der Waals surface area contributed by atoms with Crippen LogP contribution in [0, 0.1) is 0 Å². The predicted octanol–water partition coefficient (Wildman–Crippen LogP) is 0.104. The van der Waals surface area contributed by atoms with E-state index in [1.165, 1.54) is 5.56 Å². The molecule has 0 radical (unpaired) electrons. The summed E-state index contributed by atoms with van der Waals surface area (Å²) in [5.41, 5.74) is 3.37. The van der Waals surface area contributed by atoms with Crippen LogP contribution in [0.1, 0.15) is 29.2 Å². The SMILES string of the molecule is COc1ccccc1CC(O)CC1c2c(cc3c(c2OC)OCO3)CC[N+]1(C)C.[Br-]. The zero-order valence-electron chi connectivity index (χ0n) is 18.0. The monoisotopic (exact) mass is 479 g/mol. The Kier molecular flexibility index (Phi) is 6.84. The maximum Gasteiger partial charge on any atom is 0.231 e. The van der Waals surface area contributed by atoms with E-state index >= 15 is 0 Å².